The van der Waals surface area contributed by atoms with Crippen molar-refractivity contribution in [3.63, 3.8) is 0 Å². The van der Waals surface area contributed by atoms with E-state index in [0.717, 1.165) is 23.1 Å². The zero-order valence-electron chi connectivity index (χ0n) is 13.0. The molecule has 1 aromatic rings. The van der Waals surface area contributed by atoms with E-state index in [-0.39, 0.29) is 11.3 Å². The highest BCUT2D eigenvalue weighted by Crippen LogP contribution is 2.37. The average Bonchev–Trinajstić information content (AvgIpc) is 2.53. The summed E-state index contributed by atoms with van der Waals surface area (Å²) in [5.74, 6) is 0.0320. The van der Waals surface area contributed by atoms with Gasteiger partial charge in [-0.1, -0.05) is 41.3 Å². The van der Waals surface area contributed by atoms with Gasteiger partial charge in [0, 0.05) is 37.2 Å². The molecule has 0 radical (unpaired) electrons. The number of halogens is 1. The van der Waals surface area contributed by atoms with E-state index in [1.54, 1.807) is 0 Å². The van der Waals surface area contributed by atoms with E-state index in [0.29, 0.717) is 0 Å². The molecule has 1 saturated carbocycles. The van der Waals surface area contributed by atoms with Crippen molar-refractivity contribution in [1.29, 1.82) is 0 Å². The molecule has 4 heteroatoms. The average molecular weight is 353 g/mol. The van der Waals surface area contributed by atoms with Gasteiger partial charge in [0.25, 0.3) is 5.91 Å². The summed E-state index contributed by atoms with van der Waals surface area (Å²) >= 11 is 3.65. The number of hydrogen-bond acceptors (Lipinski definition) is 2. The molecule has 0 heterocycles. The SMILES string of the molecule is CN(C)c1cccc(C(=O)NCC2(CBr)CCCCC2)c1. The highest BCUT2D eigenvalue weighted by atomic mass is 79.9. The Morgan fingerprint density at radius 2 is 2.00 bits per heavy atom. The number of carbonyl (C=O) groups excluding carboxylic acids is 1. The van der Waals surface area contributed by atoms with Crippen molar-refractivity contribution in [2.75, 3.05) is 30.9 Å². The first-order chi connectivity index (χ1) is 10.1. The predicted molar refractivity (Wildman–Crippen MR) is 92.4 cm³/mol. The van der Waals surface area contributed by atoms with E-state index in [2.05, 4.69) is 21.2 Å². The lowest BCUT2D eigenvalue weighted by Gasteiger charge is -2.35. The third-order valence-corrected chi connectivity index (χ3v) is 5.64. The first-order valence-electron chi connectivity index (χ1n) is 7.68. The highest BCUT2D eigenvalue weighted by molar-refractivity contribution is 9.09. The molecule has 2 rings (SSSR count). The maximum Gasteiger partial charge on any atom is 0.251 e. The van der Waals surface area contributed by atoms with Crippen LogP contribution in [0.5, 0.6) is 0 Å². The molecule has 1 aliphatic rings. The van der Waals surface area contributed by atoms with Crippen LogP contribution >= 0.6 is 15.9 Å². The molecule has 0 saturated heterocycles. The fourth-order valence-corrected chi connectivity index (χ4v) is 3.71. The summed E-state index contributed by atoms with van der Waals surface area (Å²) in [6, 6.07) is 7.77. The molecule has 0 spiro atoms. The molecule has 1 fully saturated rings. The standard InChI is InChI=1S/C17H25BrN2O/c1-20(2)15-8-6-7-14(11-15)16(21)19-13-17(12-18)9-4-3-5-10-17/h6-8,11H,3-5,9-10,12-13H2,1-2H3,(H,19,21). The van der Waals surface area contributed by atoms with Gasteiger partial charge < -0.3 is 10.2 Å². The molecule has 1 N–H and O–H groups in total. The van der Waals surface area contributed by atoms with Crippen molar-refractivity contribution < 1.29 is 4.79 Å². The van der Waals surface area contributed by atoms with Crippen LogP contribution in [0.25, 0.3) is 0 Å². The number of nitrogens with one attached hydrogen (secondary N) is 1. The predicted octanol–water partition coefficient (Wildman–Crippen LogP) is 3.83. The van der Waals surface area contributed by atoms with E-state index in [1.807, 2.05) is 43.3 Å². The zero-order chi connectivity index (χ0) is 15.3. The van der Waals surface area contributed by atoms with Gasteiger partial charge >= 0.3 is 0 Å². The maximum atomic E-state index is 12.4. The van der Waals surface area contributed by atoms with Gasteiger partial charge in [0.05, 0.1) is 0 Å². The Kier molecular flexibility index (Phi) is 5.68. The highest BCUT2D eigenvalue weighted by Gasteiger charge is 2.31. The third-order valence-electron chi connectivity index (χ3n) is 4.45. The number of benzene rings is 1. The molecular weight excluding hydrogens is 328 g/mol. The largest absolute Gasteiger partial charge is 0.378 e. The van der Waals surface area contributed by atoms with Crippen LogP contribution in [0.3, 0.4) is 0 Å². The lowest BCUT2D eigenvalue weighted by molar-refractivity contribution is 0.0922. The second-order valence-electron chi connectivity index (χ2n) is 6.32. The van der Waals surface area contributed by atoms with Crippen LogP contribution < -0.4 is 10.2 Å². The number of carbonyl (C=O) groups is 1. The monoisotopic (exact) mass is 352 g/mol. The van der Waals surface area contributed by atoms with Gasteiger partial charge in [0.1, 0.15) is 0 Å². The topological polar surface area (TPSA) is 32.3 Å². The van der Waals surface area contributed by atoms with E-state index in [9.17, 15) is 4.79 Å². The van der Waals surface area contributed by atoms with Crippen LogP contribution in [-0.4, -0.2) is 31.9 Å². The van der Waals surface area contributed by atoms with Crippen molar-refractivity contribution >= 4 is 27.5 Å². The minimum absolute atomic E-state index is 0.0320. The van der Waals surface area contributed by atoms with Crippen LogP contribution in [0.1, 0.15) is 42.5 Å². The van der Waals surface area contributed by atoms with Gasteiger partial charge in [0.15, 0.2) is 0 Å². The fraction of sp³-hybridized carbons (Fsp3) is 0.588. The first-order valence-corrected chi connectivity index (χ1v) is 8.80. The van der Waals surface area contributed by atoms with Crippen LogP contribution in [-0.2, 0) is 0 Å². The van der Waals surface area contributed by atoms with Gasteiger partial charge in [-0.2, -0.15) is 0 Å². The van der Waals surface area contributed by atoms with Crippen LogP contribution in [0.15, 0.2) is 24.3 Å². The fourth-order valence-electron chi connectivity index (χ4n) is 2.95. The first kappa shape index (κ1) is 16.3. The third kappa shape index (κ3) is 4.22. The van der Waals surface area contributed by atoms with E-state index in [1.165, 1.54) is 32.1 Å². The molecule has 0 aliphatic heterocycles. The maximum absolute atomic E-state index is 12.4. The molecule has 1 amide bonds. The van der Waals surface area contributed by atoms with Crippen molar-refractivity contribution in [3.05, 3.63) is 29.8 Å². The number of rotatable bonds is 5. The second-order valence-corrected chi connectivity index (χ2v) is 6.88. The Morgan fingerprint density at radius 1 is 1.29 bits per heavy atom. The smallest absolute Gasteiger partial charge is 0.251 e. The molecule has 0 atom stereocenters. The number of amides is 1. The van der Waals surface area contributed by atoms with Crippen molar-refractivity contribution in [2.24, 2.45) is 5.41 Å². The van der Waals surface area contributed by atoms with Crippen LogP contribution in [0.4, 0.5) is 5.69 Å². The molecule has 1 aromatic carbocycles. The number of nitrogens with zero attached hydrogens (tertiary/aromatic N) is 1. The van der Waals surface area contributed by atoms with Crippen molar-refractivity contribution in [2.45, 2.75) is 32.1 Å². The van der Waals surface area contributed by atoms with Crippen LogP contribution in [0.2, 0.25) is 0 Å². The molecular formula is C17H25BrN2O. The summed E-state index contributed by atoms with van der Waals surface area (Å²) < 4.78 is 0. The number of anilines is 1. The molecule has 0 bridgehead atoms. The minimum Gasteiger partial charge on any atom is -0.378 e. The molecule has 3 nitrogen and oxygen atoms in total. The Hall–Kier alpha value is -1.03. The van der Waals surface area contributed by atoms with Gasteiger partial charge in [-0.3, -0.25) is 4.79 Å². The van der Waals surface area contributed by atoms with E-state index < -0.39 is 0 Å². The van der Waals surface area contributed by atoms with Crippen LogP contribution in [0, 0.1) is 5.41 Å². The van der Waals surface area contributed by atoms with Gasteiger partial charge in [0.2, 0.25) is 0 Å². The normalized spacial score (nSPS) is 17.3. The Balaban J connectivity index is 1.99. The van der Waals surface area contributed by atoms with Gasteiger partial charge in [-0.15, -0.1) is 0 Å². The molecule has 0 unspecified atom stereocenters. The second kappa shape index (κ2) is 7.30. The minimum atomic E-state index is 0.0320. The molecule has 21 heavy (non-hydrogen) atoms. The number of hydrogen-bond donors (Lipinski definition) is 1. The Morgan fingerprint density at radius 3 is 2.62 bits per heavy atom. The summed E-state index contributed by atoms with van der Waals surface area (Å²) in [6.45, 7) is 0.767. The van der Waals surface area contributed by atoms with E-state index in [4.69, 9.17) is 0 Å². The lowest BCUT2D eigenvalue weighted by Crippen LogP contribution is -2.40. The quantitative estimate of drug-likeness (QED) is 0.816. The Bertz CT molecular complexity index is 481. The summed E-state index contributed by atoms with van der Waals surface area (Å²) in [5, 5.41) is 4.11. The lowest BCUT2D eigenvalue weighted by atomic mass is 9.75. The number of alkyl halides is 1. The van der Waals surface area contributed by atoms with Gasteiger partial charge in [-0.25, -0.2) is 0 Å². The Labute approximate surface area is 136 Å². The summed E-state index contributed by atoms with van der Waals surface area (Å²) in [4.78, 5) is 14.4. The summed E-state index contributed by atoms with van der Waals surface area (Å²) in [5.41, 5.74) is 2.03. The van der Waals surface area contributed by atoms with Crippen molar-refractivity contribution in [3.8, 4) is 0 Å². The summed E-state index contributed by atoms with van der Waals surface area (Å²) in [6.07, 6.45) is 6.29. The van der Waals surface area contributed by atoms with Gasteiger partial charge in [-0.05, 0) is 36.5 Å². The molecule has 116 valence electrons. The molecule has 1 aliphatic carbocycles. The zero-order valence-corrected chi connectivity index (χ0v) is 14.6. The van der Waals surface area contributed by atoms with Crippen molar-refractivity contribution in [1.82, 2.24) is 5.32 Å². The van der Waals surface area contributed by atoms with E-state index >= 15 is 0 Å². The summed E-state index contributed by atoms with van der Waals surface area (Å²) in [7, 11) is 3.97. The molecule has 0 aromatic heterocycles.